The molecule has 1 aromatic heterocycles. The van der Waals surface area contributed by atoms with E-state index in [4.69, 9.17) is 20.8 Å². The summed E-state index contributed by atoms with van der Waals surface area (Å²) in [6.45, 7) is 4.01. The van der Waals surface area contributed by atoms with Crippen LogP contribution < -0.4 is 4.90 Å². The van der Waals surface area contributed by atoms with Gasteiger partial charge in [-0.1, -0.05) is 6.08 Å². The average Bonchev–Trinajstić information content (AvgIpc) is 3.03. The first-order valence-electron chi connectivity index (χ1n) is 8.28. The zero-order valence-corrected chi connectivity index (χ0v) is 17.0. The molecule has 0 spiro atoms. The van der Waals surface area contributed by atoms with Crippen LogP contribution in [-0.4, -0.2) is 36.9 Å². The van der Waals surface area contributed by atoms with Crippen LogP contribution in [0, 0.1) is 0 Å². The molecular formula is C19H23ClN2O3S. The Morgan fingerprint density at radius 2 is 2.04 bits per heavy atom. The minimum Gasteiger partial charge on any atom is -0.466 e. The molecular weight excluding hydrogens is 372 g/mol. The highest BCUT2D eigenvalue weighted by Crippen LogP contribution is 2.34. The molecule has 0 aliphatic heterocycles. The molecule has 0 bridgehead atoms. The number of esters is 1. The second kappa shape index (κ2) is 9.69. The van der Waals surface area contributed by atoms with E-state index in [2.05, 4.69) is 4.98 Å². The summed E-state index contributed by atoms with van der Waals surface area (Å²) in [5, 5.41) is 0.381. The summed E-state index contributed by atoms with van der Waals surface area (Å²) in [5.74, 6) is 0.708. The number of nitrogens with zero attached hydrogens (tertiary/aromatic N) is 2. The third kappa shape index (κ3) is 5.05. The number of halogens is 1. The van der Waals surface area contributed by atoms with Gasteiger partial charge in [-0.3, -0.25) is 4.79 Å². The van der Waals surface area contributed by atoms with E-state index in [9.17, 15) is 4.79 Å². The molecule has 5 nitrogen and oxygen atoms in total. The summed E-state index contributed by atoms with van der Waals surface area (Å²) >= 11 is 7.30. The normalized spacial score (nSPS) is 11.5. The van der Waals surface area contributed by atoms with Crippen LogP contribution in [0.5, 0.6) is 0 Å². The SMILES string of the molecule is C/C=C(\SCCl)c1oc(-c2ccc(N(C)C)cc2)nc1CC(=O)OCC. The maximum absolute atomic E-state index is 11.9. The van der Waals surface area contributed by atoms with Gasteiger partial charge in [0.05, 0.1) is 23.9 Å². The van der Waals surface area contributed by atoms with Crippen LogP contribution in [0.3, 0.4) is 0 Å². The van der Waals surface area contributed by atoms with Gasteiger partial charge in [-0.25, -0.2) is 4.98 Å². The maximum Gasteiger partial charge on any atom is 0.312 e. The fraction of sp³-hybridized carbons (Fsp3) is 0.368. The molecule has 0 unspecified atom stereocenters. The molecule has 0 saturated heterocycles. The first-order chi connectivity index (χ1) is 12.5. The molecule has 7 heteroatoms. The Labute approximate surface area is 163 Å². The molecule has 140 valence electrons. The third-order valence-corrected chi connectivity index (χ3v) is 4.81. The minimum absolute atomic E-state index is 0.0582. The summed E-state index contributed by atoms with van der Waals surface area (Å²) in [6.07, 6.45) is 1.96. The molecule has 0 saturated carbocycles. The number of hydrogen-bond acceptors (Lipinski definition) is 6. The van der Waals surface area contributed by atoms with Gasteiger partial charge in [0.2, 0.25) is 5.89 Å². The number of benzene rings is 1. The lowest BCUT2D eigenvalue weighted by Gasteiger charge is -2.11. The standard InChI is InChI=1S/C19H23ClN2O3S/c1-5-16(26-12-20)18-15(11-17(23)24-6-2)21-19(25-18)13-7-9-14(10-8-13)22(3)4/h5,7-10H,6,11-12H2,1-4H3/b16-5-. The number of carbonyl (C=O) groups excluding carboxylic acids is 1. The van der Waals surface area contributed by atoms with E-state index < -0.39 is 0 Å². The van der Waals surface area contributed by atoms with Gasteiger partial charge >= 0.3 is 5.97 Å². The minimum atomic E-state index is -0.331. The number of oxazole rings is 1. The molecule has 0 aliphatic carbocycles. The number of anilines is 1. The number of rotatable bonds is 8. The molecule has 2 aromatic rings. The number of allylic oxidation sites excluding steroid dienone is 1. The van der Waals surface area contributed by atoms with Gasteiger partial charge in [0.25, 0.3) is 0 Å². The van der Waals surface area contributed by atoms with E-state index in [-0.39, 0.29) is 12.4 Å². The van der Waals surface area contributed by atoms with E-state index in [1.807, 2.05) is 56.3 Å². The first-order valence-corrected chi connectivity index (χ1v) is 9.80. The molecule has 0 atom stereocenters. The van der Waals surface area contributed by atoms with Crippen molar-refractivity contribution in [3.8, 4) is 11.5 Å². The Bertz CT molecular complexity index is 770. The first kappa shape index (κ1) is 20.4. The summed E-state index contributed by atoms with van der Waals surface area (Å²) in [5.41, 5.74) is 2.48. The highest BCUT2D eigenvalue weighted by molar-refractivity contribution is 8.09. The zero-order valence-electron chi connectivity index (χ0n) is 15.4. The molecule has 0 N–H and O–H groups in total. The van der Waals surface area contributed by atoms with Gasteiger partial charge in [0.15, 0.2) is 5.76 Å². The van der Waals surface area contributed by atoms with Gasteiger partial charge in [-0.05, 0) is 38.1 Å². The van der Waals surface area contributed by atoms with Gasteiger partial charge < -0.3 is 14.1 Å². The van der Waals surface area contributed by atoms with Crippen LogP contribution in [0.2, 0.25) is 0 Å². The summed E-state index contributed by atoms with van der Waals surface area (Å²) in [6, 6.07) is 7.88. The maximum atomic E-state index is 11.9. The Kier molecular flexibility index (Phi) is 7.60. The molecule has 0 radical (unpaired) electrons. The van der Waals surface area contributed by atoms with Crippen molar-refractivity contribution < 1.29 is 13.9 Å². The number of carbonyl (C=O) groups is 1. The van der Waals surface area contributed by atoms with Crippen LogP contribution in [0.4, 0.5) is 5.69 Å². The largest absolute Gasteiger partial charge is 0.466 e. The van der Waals surface area contributed by atoms with Crippen molar-refractivity contribution in [2.24, 2.45) is 0 Å². The molecule has 2 rings (SSSR count). The van der Waals surface area contributed by atoms with E-state index in [1.165, 1.54) is 11.8 Å². The van der Waals surface area contributed by atoms with Crippen LogP contribution >= 0.6 is 23.4 Å². The van der Waals surface area contributed by atoms with Crippen molar-refractivity contribution in [3.63, 3.8) is 0 Å². The zero-order chi connectivity index (χ0) is 19.1. The molecule has 1 aromatic carbocycles. The molecule has 1 heterocycles. The lowest BCUT2D eigenvalue weighted by Crippen LogP contribution is -2.09. The van der Waals surface area contributed by atoms with Gasteiger partial charge in [-0.2, -0.15) is 0 Å². The lowest BCUT2D eigenvalue weighted by molar-refractivity contribution is -0.142. The number of thioether (sulfide) groups is 1. The van der Waals surface area contributed by atoms with E-state index in [0.29, 0.717) is 29.2 Å². The second-order valence-corrected chi connectivity index (χ2v) is 7.23. The van der Waals surface area contributed by atoms with Crippen molar-refractivity contribution in [1.82, 2.24) is 4.98 Å². The molecule has 0 amide bonds. The monoisotopic (exact) mass is 394 g/mol. The number of ether oxygens (including phenoxy) is 1. The molecule has 26 heavy (non-hydrogen) atoms. The van der Waals surface area contributed by atoms with Crippen LogP contribution in [0.15, 0.2) is 34.8 Å². The van der Waals surface area contributed by atoms with Gasteiger partial charge in [0, 0.05) is 30.3 Å². The Hall–Kier alpha value is -1.92. The Morgan fingerprint density at radius 3 is 2.58 bits per heavy atom. The van der Waals surface area contributed by atoms with Crippen LogP contribution in [-0.2, 0) is 16.0 Å². The highest BCUT2D eigenvalue weighted by Gasteiger charge is 2.21. The smallest absolute Gasteiger partial charge is 0.312 e. The number of alkyl halides is 1. The van der Waals surface area contributed by atoms with E-state index in [0.717, 1.165) is 16.2 Å². The van der Waals surface area contributed by atoms with Crippen molar-refractivity contribution in [2.75, 3.05) is 30.8 Å². The van der Waals surface area contributed by atoms with Crippen molar-refractivity contribution >= 4 is 39.9 Å². The van der Waals surface area contributed by atoms with E-state index in [1.54, 1.807) is 6.92 Å². The van der Waals surface area contributed by atoms with Crippen molar-refractivity contribution in [2.45, 2.75) is 20.3 Å². The van der Waals surface area contributed by atoms with Crippen molar-refractivity contribution in [1.29, 1.82) is 0 Å². The summed E-state index contributed by atoms with van der Waals surface area (Å²) < 4.78 is 11.1. The second-order valence-electron chi connectivity index (χ2n) is 5.62. The third-order valence-electron chi connectivity index (χ3n) is 3.64. The lowest BCUT2D eigenvalue weighted by atomic mass is 10.2. The van der Waals surface area contributed by atoms with Crippen LogP contribution in [0.25, 0.3) is 16.4 Å². The quantitative estimate of drug-likeness (QED) is 0.473. The number of hydrogen-bond donors (Lipinski definition) is 0. The predicted molar refractivity (Wildman–Crippen MR) is 109 cm³/mol. The average molecular weight is 395 g/mol. The van der Waals surface area contributed by atoms with Crippen LogP contribution in [0.1, 0.15) is 25.3 Å². The fourth-order valence-corrected chi connectivity index (χ4v) is 3.30. The summed E-state index contributed by atoms with van der Waals surface area (Å²) in [7, 11) is 3.97. The highest BCUT2D eigenvalue weighted by atomic mass is 35.5. The molecule has 0 fully saturated rings. The molecule has 0 aliphatic rings. The fourth-order valence-electron chi connectivity index (χ4n) is 2.38. The van der Waals surface area contributed by atoms with Crippen molar-refractivity contribution in [3.05, 3.63) is 41.8 Å². The predicted octanol–water partition coefficient (Wildman–Crippen LogP) is 4.80. The van der Waals surface area contributed by atoms with Gasteiger partial charge in [-0.15, -0.1) is 23.4 Å². The summed E-state index contributed by atoms with van der Waals surface area (Å²) in [4.78, 5) is 19.4. The van der Waals surface area contributed by atoms with Gasteiger partial charge in [0.1, 0.15) is 0 Å². The topological polar surface area (TPSA) is 55.6 Å². The van der Waals surface area contributed by atoms with E-state index >= 15 is 0 Å². The number of aromatic nitrogens is 1. The Balaban J connectivity index is 2.41. The Morgan fingerprint density at radius 1 is 1.35 bits per heavy atom.